The second-order valence-corrected chi connectivity index (χ2v) is 8.86. The highest BCUT2D eigenvalue weighted by molar-refractivity contribution is 6.05. The highest BCUT2D eigenvalue weighted by atomic mass is 16.3. The van der Waals surface area contributed by atoms with E-state index in [-0.39, 0.29) is 5.41 Å². The molecule has 6 rings (SSSR count). The molecule has 0 spiro atoms. The van der Waals surface area contributed by atoms with Crippen molar-refractivity contribution in [3.05, 3.63) is 70.9 Å². The standard InChI is InChI=1S/C25H24N2O/c1-14-9-11-17-18-12-10-15(2)26-24(18)28-23(17)21(14)22-16(3)27-13-25(22,4)19-7-5-6-8-20(19)27/h5-12,16,22H,13H2,1-4H3. The van der Waals surface area contributed by atoms with E-state index in [4.69, 9.17) is 4.42 Å². The third kappa shape index (κ3) is 1.82. The van der Waals surface area contributed by atoms with Crippen molar-refractivity contribution < 1.29 is 4.42 Å². The number of hydrogen-bond acceptors (Lipinski definition) is 3. The van der Waals surface area contributed by atoms with Crippen molar-refractivity contribution in [2.24, 2.45) is 0 Å². The minimum absolute atomic E-state index is 0.0946. The van der Waals surface area contributed by atoms with Crippen LogP contribution >= 0.6 is 0 Å². The summed E-state index contributed by atoms with van der Waals surface area (Å²) in [6.07, 6.45) is 0. The lowest BCUT2D eigenvalue weighted by atomic mass is 9.67. The molecule has 0 amide bonds. The molecule has 0 aliphatic carbocycles. The molecule has 0 saturated carbocycles. The molecule has 2 aliphatic rings. The predicted octanol–water partition coefficient (Wildman–Crippen LogP) is 5.86. The molecule has 3 atom stereocenters. The molecule has 0 N–H and O–H groups in total. The van der Waals surface area contributed by atoms with Gasteiger partial charge in [-0.15, -0.1) is 0 Å². The zero-order chi connectivity index (χ0) is 19.2. The van der Waals surface area contributed by atoms with Crippen LogP contribution in [0.15, 0.2) is 52.9 Å². The van der Waals surface area contributed by atoms with Gasteiger partial charge in [-0.2, -0.15) is 0 Å². The number of hydrogen-bond donors (Lipinski definition) is 0. The third-order valence-corrected chi connectivity index (χ3v) is 7.20. The number of anilines is 1. The molecular formula is C25H24N2O. The Morgan fingerprint density at radius 1 is 1.04 bits per heavy atom. The number of pyridine rings is 1. The van der Waals surface area contributed by atoms with Crippen LogP contribution in [0, 0.1) is 13.8 Å². The predicted molar refractivity (Wildman–Crippen MR) is 114 cm³/mol. The SMILES string of the molecule is Cc1ccc2c(n1)oc1c(C3C(C)N4CC3(C)c3ccccc34)c(C)ccc12. The Bertz CT molecular complexity index is 1270. The Morgan fingerprint density at radius 2 is 1.82 bits per heavy atom. The number of furan rings is 1. The molecule has 28 heavy (non-hydrogen) atoms. The Labute approximate surface area is 165 Å². The van der Waals surface area contributed by atoms with Gasteiger partial charge >= 0.3 is 0 Å². The molecule has 2 aromatic carbocycles. The van der Waals surface area contributed by atoms with Crippen molar-refractivity contribution in [3.8, 4) is 0 Å². The van der Waals surface area contributed by atoms with Crippen molar-refractivity contribution in [1.82, 2.24) is 4.98 Å². The number of aromatic nitrogens is 1. The highest BCUT2D eigenvalue weighted by Crippen LogP contribution is 2.59. The summed E-state index contributed by atoms with van der Waals surface area (Å²) in [4.78, 5) is 7.24. The van der Waals surface area contributed by atoms with E-state index in [1.54, 1.807) is 0 Å². The van der Waals surface area contributed by atoms with Crippen molar-refractivity contribution in [1.29, 1.82) is 0 Å². The monoisotopic (exact) mass is 368 g/mol. The summed E-state index contributed by atoms with van der Waals surface area (Å²) in [6.45, 7) is 10.1. The van der Waals surface area contributed by atoms with Gasteiger partial charge in [0, 0.05) is 51.6 Å². The largest absolute Gasteiger partial charge is 0.437 e. The summed E-state index contributed by atoms with van der Waals surface area (Å²) in [6, 6.07) is 18.0. The first-order chi connectivity index (χ1) is 13.5. The molecule has 4 heterocycles. The van der Waals surface area contributed by atoms with E-state index in [1.807, 2.05) is 6.92 Å². The van der Waals surface area contributed by atoms with Gasteiger partial charge < -0.3 is 9.32 Å². The van der Waals surface area contributed by atoms with E-state index in [9.17, 15) is 0 Å². The molecule has 3 heteroatoms. The zero-order valence-corrected chi connectivity index (χ0v) is 16.8. The number of fused-ring (bicyclic) bond motifs is 8. The molecule has 140 valence electrons. The van der Waals surface area contributed by atoms with E-state index in [2.05, 4.69) is 79.2 Å². The summed E-state index contributed by atoms with van der Waals surface area (Å²) in [5, 5.41) is 2.30. The van der Waals surface area contributed by atoms with Gasteiger partial charge in [0.25, 0.3) is 0 Å². The molecule has 3 unspecified atom stereocenters. The first-order valence-corrected chi connectivity index (χ1v) is 10.1. The molecule has 2 bridgehead atoms. The van der Waals surface area contributed by atoms with Crippen molar-refractivity contribution in [3.63, 3.8) is 0 Å². The Hall–Kier alpha value is -2.81. The lowest BCUT2D eigenvalue weighted by Crippen LogP contribution is -2.35. The fourth-order valence-corrected chi connectivity index (χ4v) is 5.95. The van der Waals surface area contributed by atoms with Gasteiger partial charge in [0.15, 0.2) is 0 Å². The lowest BCUT2D eigenvalue weighted by molar-refractivity contribution is 0.433. The van der Waals surface area contributed by atoms with E-state index in [0.29, 0.717) is 12.0 Å². The average Bonchev–Trinajstić information content (AvgIpc) is 3.27. The quantitative estimate of drug-likeness (QED) is 0.421. The molecule has 4 aromatic rings. The second kappa shape index (κ2) is 5.16. The fourth-order valence-electron chi connectivity index (χ4n) is 5.95. The maximum Gasteiger partial charge on any atom is 0.227 e. The number of aryl methyl sites for hydroxylation is 2. The topological polar surface area (TPSA) is 29.3 Å². The smallest absolute Gasteiger partial charge is 0.227 e. The van der Waals surface area contributed by atoms with Crippen LogP contribution in [0.3, 0.4) is 0 Å². The van der Waals surface area contributed by atoms with Gasteiger partial charge in [-0.05, 0) is 50.1 Å². The summed E-state index contributed by atoms with van der Waals surface area (Å²) in [7, 11) is 0. The van der Waals surface area contributed by atoms with Gasteiger partial charge in [-0.1, -0.05) is 37.3 Å². The number of para-hydroxylation sites is 1. The van der Waals surface area contributed by atoms with Crippen LogP contribution in [0.2, 0.25) is 0 Å². The van der Waals surface area contributed by atoms with Gasteiger partial charge in [-0.25, -0.2) is 4.98 Å². The summed E-state index contributed by atoms with van der Waals surface area (Å²) in [5.41, 5.74) is 8.41. The van der Waals surface area contributed by atoms with Crippen LogP contribution in [0.25, 0.3) is 22.1 Å². The fraction of sp³-hybridized carbons (Fsp3) is 0.320. The number of rotatable bonds is 1. The molecule has 2 aromatic heterocycles. The van der Waals surface area contributed by atoms with E-state index < -0.39 is 0 Å². The van der Waals surface area contributed by atoms with Crippen molar-refractivity contribution in [2.45, 2.75) is 45.1 Å². The second-order valence-electron chi connectivity index (χ2n) is 8.86. The van der Waals surface area contributed by atoms with Gasteiger partial charge in [0.1, 0.15) is 5.58 Å². The van der Waals surface area contributed by atoms with Crippen molar-refractivity contribution in [2.75, 3.05) is 11.4 Å². The number of nitrogens with zero attached hydrogens (tertiary/aromatic N) is 2. The molecular weight excluding hydrogens is 344 g/mol. The van der Waals surface area contributed by atoms with E-state index in [1.165, 1.54) is 27.8 Å². The first kappa shape index (κ1) is 16.2. The minimum Gasteiger partial charge on any atom is -0.437 e. The van der Waals surface area contributed by atoms with E-state index >= 15 is 0 Å². The van der Waals surface area contributed by atoms with Gasteiger partial charge in [0.05, 0.1) is 0 Å². The molecule has 1 saturated heterocycles. The van der Waals surface area contributed by atoms with Crippen LogP contribution in [-0.2, 0) is 5.41 Å². The van der Waals surface area contributed by atoms with Gasteiger partial charge in [0.2, 0.25) is 5.71 Å². The van der Waals surface area contributed by atoms with Crippen LogP contribution in [0.1, 0.15) is 42.1 Å². The summed E-state index contributed by atoms with van der Waals surface area (Å²) in [5.74, 6) is 0.396. The molecule has 2 aliphatic heterocycles. The summed E-state index contributed by atoms with van der Waals surface area (Å²) < 4.78 is 6.42. The highest BCUT2D eigenvalue weighted by Gasteiger charge is 2.56. The molecule has 0 radical (unpaired) electrons. The molecule has 1 fully saturated rings. The Morgan fingerprint density at radius 3 is 2.68 bits per heavy atom. The zero-order valence-electron chi connectivity index (χ0n) is 16.8. The Kier molecular flexibility index (Phi) is 2.98. The normalized spacial score (nSPS) is 25.8. The maximum atomic E-state index is 6.42. The Balaban J connectivity index is 1.65. The maximum absolute atomic E-state index is 6.42. The van der Waals surface area contributed by atoms with Crippen LogP contribution in [0.4, 0.5) is 5.69 Å². The number of benzene rings is 2. The van der Waals surface area contributed by atoms with Crippen molar-refractivity contribution >= 4 is 27.8 Å². The van der Waals surface area contributed by atoms with Crippen LogP contribution in [0.5, 0.6) is 0 Å². The molecule has 3 nitrogen and oxygen atoms in total. The van der Waals surface area contributed by atoms with Crippen LogP contribution in [-0.4, -0.2) is 17.6 Å². The lowest BCUT2D eigenvalue weighted by Gasteiger charge is -2.38. The van der Waals surface area contributed by atoms with E-state index in [0.717, 1.165) is 28.9 Å². The summed E-state index contributed by atoms with van der Waals surface area (Å²) >= 11 is 0. The first-order valence-electron chi connectivity index (χ1n) is 10.1. The van der Waals surface area contributed by atoms with Crippen LogP contribution < -0.4 is 4.90 Å². The average molecular weight is 368 g/mol. The van der Waals surface area contributed by atoms with Gasteiger partial charge in [-0.3, -0.25) is 0 Å². The third-order valence-electron chi connectivity index (χ3n) is 7.20. The minimum atomic E-state index is 0.0946.